The number of hydrogen-bond donors (Lipinski definition) is 1. The molecular formula is C18H19N3. The summed E-state index contributed by atoms with van der Waals surface area (Å²) in [7, 11) is 2.00. The Labute approximate surface area is 125 Å². The van der Waals surface area contributed by atoms with Gasteiger partial charge in [-0.25, -0.2) is 4.98 Å². The summed E-state index contributed by atoms with van der Waals surface area (Å²) in [4.78, 5) is 4.51. The van der Waals surface area contributed by atoms with Crippen LogP contribution in [0, 0.1) is 6.92 Å². The van der Waals surface area contributed by atoms with Crippen molar-refractivity contribution < 1.29 is 0 Å². The lowest BCUT2D eigenvalue weighted by molar-refractivity contribution is 0.923. The van der Waals surface area contributed by atoms with E-state index in [-0.39, 0.29) is 0 Å². The lowest BCUT2D eigenvalue weighted by Crippen LogP contribution is -2.02. The summed E-state index contributed by atoms with van der Waals surface area (Å²) in [6, 6.07) is 18.9. The average molecular weight is 277 g/mol. The highest BCUT2D eigenvalue weighted by Gasteiger charge is 2.07. The van der Waals surface area contributed by atoms with Gasteiger partial charge in [-0.2, -0.15) is 0 Å². The highest BCUT2D eigenvalue weighted by Crippen LogP contribution is 2.22. The number of aromatic nitrogens is 2. The van der Waals surface area contributed by atoms with E-state index >= 15 is 0 Å². The molecule has 3 aromatic rings. The molecule has 0 amide bonds. The Morgan fingerprint density at radius 2 is 1.71 bits per heavy atom. The Morgan fingerprint density at radius 1 is 1.00 bits per heavy atom. The van der Waals surface area contributed by atoms with Gasteiger partial charge in [0.1, 0.15) is 0 Å². The number of nitrogens with zero attached hydrogens (tertiary/aromatic N) is 2. The molecule has 1 heterocycles. The third-order valence-electron chi connectivity index (χ3n) is 3.50. The molecule has 106 valence electrons. The van der Waals surface area contributed by atoms with E-state index in [0.717, 1.165) is 23.8 Å². The molecule has 2 aromatic carbocycles. The summed E-state index contributed by atoms with van der Waals surface area (Å²) in [5.41, 5.74) is 4.70. The van der Waals surface area contributed by atoms with E-state index in [1.165, 1.54) is 11.1 Å². The van der Waals surface area contributed by atoms with Crippen molar-refractivity contribution in [1.82, 2.24) is 9.55 Å². The van der Waals surface area contributed by atoms with Crippen LogP contribution in [0.5, 0.6) is 0 Å². The number of para-hydroxylation sites is 1. The summed E-state index contributed by atoms with van der Waals surface area (Å²) in [6.07, 6.45) is 2.93. The average Bonchev–Trinajstić information content (AvgIpc) is 2.80. The van der Waals surface area contributed by atoms with Crippen LogP contribution < -0.4 is 5.32 Å². The molecule has 3 rings (SSSR count). The predicted octanol–water partition coefficient (Wildman–Crippen LogP) is 4.06. The number of imidazole rings is 1. The fourth-order valence-corrected chi connectivity index (χ4v) is 2.46. The Balaban J connectivity index is 1.87. The van der Waals surface area contributed by atoms with Gasteiger partial charge in [0.05, 0.1) is 5.69 Å². The Hall–Kier alpha value is -2.55. The van der Waals surface area contributed by atoms with E-state index in [2.05, 4.69) is 52.8 Å². The first-order valence-corrected chi connectivity index (χ1v) is 7.11. The summed E-state index contributed by atoms with van der Waals surface area (Å²) in [5, 5.41) is 3.43. The smallest absolute Gasteiger partial charge is 0.207 e. The zero-order valence-electron chi connectivity index (χ0n) is 12.4. The Kier molecular flexibility index (Phi) is 3.73. The van der Waals surface area contributed by atoms with Crippen molar-refractivity contribution in [3.63, 3.8) is 0 Å². The van der Waals surface area contributed by atoms with Crippen molar-refractivity contribution in [2.45, 2.75) is 13.3 Å². The van der Waals surface area contributed by atoms with E-state index < -0.39 is 0 Å². The Morgan fingerprint density at radius 3 is 2.43 bits per heavy atom. The molecule has 3 heteroatoms. The monoisotopic (exact) mass is 277 g/mol. The molecule has 0 atom stereocenters. The van der Waals surface area contributed by atoms with Crippen LogP contribution >= 0.6 is 0 Å². The number of benzene rings is 2. The minimum Gasteiger partial charge on any atom is -0.325 e. The largest absolute Gasteiger partial charge is 0.325 e. The number of hydrogen-bond acceptors (Lipinski definition) is 2. The molecule has 1 N–H and O–H groups in total. The molecule has 0 radical (unpaired) electrons. The molecular weight excluding hydrogens is 258 g/mol. The zero-order valence-corrected chi connectivity index (χ0v) is 12.4. The molecule has 3 nitrogen and oxygen atoms in total. The molecule has 0 fully saturated rings. The number of aryl methyl sites for hydroxylation is 2. The lowest BCUT2D eigenvalue weighted by atomic mass is 10.0. The van der Waals surface area contributed by atoms with Gasteiger partial charge >= 0.3 is 0 Å². The van der Waals surface area contributed by atoms with Crippen molar-refractivity contribution in [2.24, 2.45) is 7.05 Å². The maximum Gasteiger partial charge on any atom is 0.207 e. The molecule has 0 unspecified atom stereocenters. The summed E-state index contributed by atoms with van der Waals surface area (Å²) in [5.74, 6) is 0.869. The SMILES string of the molecule is Cc1cn(C)c(Nc2ccccc2Cc2ccccc2)n1. The van der Waals surface area contributed by atoms with Crippen LogP contribution in [-0.4, -0.2) is 9.55 Å². The molecule has 0 bridgehead atoms. The van der Waals surface area contributed by atoms with Crippen molar-refractivity contribution in [3.05, 3.63) is 77.6 Å². The van der Waals surface area contributed by atoms with Crippen LogP contribution in [0.2, 0.25) is 0 Å². The van der Waals surface area contributed by atoms with E-state index in [4.69, 9.17) is 0 Å². The maximum atomic E-state index is 4.51. The van der Waals surface area contributed by atoms with E-state index in [9.17, 15) is 0 Å². The van der Waals surface area contributed by atoms with Crippen molar-refractivity contribution in [3.8, 4) is 0 Å². The summed E-state index contributed by atoms with van der Waals surface area (Å²) in [6.45, 7) is 2.00. The maximum absolute atomic E-state index is 4.51. The number of rotatable bonds is 4. The van der Waals surface area contributed by atoms with E-state index in [0.29, 0.717) is 0 Å². The second-order valence-electron chi connectivity index (χ2n) is 5.26. The second-order valence-corrected chi connectivity index (χ2v) is 5.26. The van der Waals surface area contributed by atoms with Gasteiger partial charge in [0, 0.05) is 18.9 Å². The molecule has 0 saturated heterocycles. The third-order valence-corrected chi connectivity index (χ3v) is 3.50. The van der Waals surface area contributed by atoms with E-state index in [1.54, 1.807) is 0 Å². The lowest BCUT2D eigenvalue weighted by Gasteiger charge is -2.11. The summed E-state index contributed by atoms with van der Waals surface area (Å²) < 4.78 is 2.01. The Bertz CT molecular complexity index is 729. The highest BCUT2D eigenvalue weighted by atomic mass is 15.2. The van der Waals surface area contributed by atoms with Gasteiger partial charge in [-0.05, 0) is 30.5 Å². The van der Waals surface area contributed by atoms with Gasteiger partial charge in [0.25, 0.3) is 0 Å². The predicted molar refractivity (Wildman–Crippen MR) is 86.9 cm³/mol. The highest BCUT2D eigenvalue weighted by molar-refractivity contribution is 5.60. The zero-order chi connectivity index (χ0) is 14.7. The number of nitrogens with one attached hydrogen (secondary N) is 1. The quantitative estimate of drug-likeness (QED) is 0.779. The third kappa shape index (κ3) is 3.14. The van der Waals surface area contributed by atoms with Gasteiger partial charge in [-0.3, -0.25) is 0 Å². The van der Waals surface area contributed by atoms with Crippen LogP contribution in [0.25, 0.3) is 0 Å². The first-order valence-electron chi connectivity index (χ1n) is 7.11. The van der Waals surface area contributed by atoms with Crippen molar-refractivity contribution in [1.29, 1.82) is 0 Å². The molecule has 0 aliphatic rings. The van der Waals surface area contributed by atoms with Gasteiger partial charge in [0.2, 0.25) is 5.95 Å². The fourth-order valence-electron chi connectivity index (χ4n) is 2.46. The minimum atomic E-state index is 0.869. The summed E-state index contributed by atoms with van der Waals surface area (Å²) >= 11 is 0. The minimum absolute atomic E-state index is 0.869. The molecule has 21 heavy (non-hydrogen) atoms. The van der Waals surface area contributed by atoms with Crippen LogP contribution in [0.15, 0.2) is 60.8 Å². The first kappa shape index (κ1) is 13.4. The second kappa shape index (κ2) is 5.83. The van der Waals surface area contributed by atoms with Gasteiger partial charge in [-0.1, -0.05) is 48.5 Å². The van der Waals surface area contributed by atoms with Gasteiger partial charge in [-0.15, -0.1) is 0 Å². The van der Waals surface area contributed by atoms with Crippen LogP contribution in [0.4, 0.5) is 11.6 Å². The molecule has 0 aliphatic carbocycles. The fraction of sp³-hybridized carbons (Fsp3) is 0.167. The standard InChI is InChI=1S/C18H19N3/c1-14-13-21(2)18(19-14)20-17-11-7-6-10-16(17)12-15-8-4-3-5-9-15/h3-11,13H,12H2,1-2H3,(H,19,20). The van der Waals surface area contributed by atoms with Crippen molar-refractivity contribution >= 4 is 11.6 Å². The molecule has 0 spiro atoms. The number of anilines is 2. The molecule has 0 saturated carbocycles. The molecule has 1 aromatic heterocycles. The van der Waals surface area contributed by atoms with Crippen LogP contribution in [-0.2, 0) is 13.5 Å². The van der Waals surface area contributed by atoms with Gasteiger partial charge in [0.15, 0.2) is 0 Å². The topological polar surface area (TPSA) is 29.9 Å². The molecule has 0 aliphatic heterocycles. The first-order chi connectivity index (χ1) is 10.2. The normalized spacial score (nSPS) is 10.6. The van der Waals surface area contributed by atoms with Crippen molar-refractivity contribution in [2.75, 3.05) is 5.32 Å². The van der Waals surface area contributed by atoms with Crippen LogP contribution in [0.3, 0.4) is 0 Å². The van der Waals surface area contributed by atoms with E-state index in [1.807, 2.05) is 36.9 Å². The van der Waals surface area contributed by atoms with Crippen LogP contribution in [0.1, 0.15) is 16.8 Å². The van der Waals surface area contributed by atoms with Gasteiger partial charge < -0.3 is 9.88 Å².